The minimum absolute atomic E-state index is 0.0841. The van der Waals surface area contributed by atoms with Crippen LogP contribution in [0.3, 0.4) is 0 Å². The highest BCUT2D eigenvalue weighted by Gasteiger charge is 2.37. The van der Waals surface area contributed by atoms with Gasteiger partial charge in [0.1, 0.15) is 5.82 Å². The van der Waals surface area contributed by atoms with Gasteiger partial charge >= 0.3 is 0 Å². The van der Waals surface area contributed by atoms with Gasteiger partial charge in [0.25, 0.3) is 11.5 Å². The summed E-state index contributed by atoms with van der Waals surface area (Å²) in [7, 11) is -1.96. The van der Waals surface area contributed by atoms with Gasteiger partial charge in [-0.15, -0.1) is 11.8 Å². The van der Waals surface area contributed by atoms with Gasteiger partial charge in [-0.25, -0.2) is 13.4 Å². The second kappa shape index (κ2) is 8.07. The number of sulfone groups is 1. The number of benzene rings is 1. The average Bonchev–Trinajstić information content (AvgIpc) is 3.11. The molecule has 10 heteroatoms. The largest absolute Gasteiger partial charge is 0.501 e. The van der Waals surface area contributed by atoms with Crippen LogP contribution < -0.4 is 10.9 Å². The molecule has 1 unspecified atom stereocenters. The van der Waals surface area contributed by atoms with Gasteiger partial charge in [0, 0.05) is 19.8 Å². The SMILES string of the molecule is Cc1ccc(CNC(=O)c2nc(C3(C)CCCS3)n(C)c(=O)c2O)c(S(C)(=O)=O)c1. The topological polar surface area (TPSA) is 118 Å². The highest BCUT2D eigenvalue weighted by Crippen LogP contribution is 2.45. The molecule has 8 nitrogen and oxygen atoms in total. The standard InChI is InChI=1S/C20H25N3O5S2/c1-12-6-7-13(14(10-12)30(4,27)28)11-21-17(25)15-16(24)18(26)23(3)19(22-15)20(2)8-5-9-29-20/h6-7,10,24H,5,8-9,11H2,1-4H3,(H,21,25). The van der Waals surface area contributed by atoms with Crippen LogP contribution in [0.4, 0.5) is 0 Å². The molecule has 1 atom stereocenters. The first-order valence-electron chi connectivity index (χ1n) is 9.46. The second-order valence-electron chi connectivity index (χ2n) is 7.75. The lowest BCUT2D eigenvalue weighted by Gasteiger charge is -2.25. The Kier molecular flexibility index (Phi) is 6.01. The highest BCUT2D eigenvalue weighted by molar-refractivity contribution is 8.00. The number of hydrogen-bond acceptors (Lipinski definition) is 7. The lowest BCUT2D eigenvalue weighted by atomic mass is 10.0. The first-order valence-corrected chi connectivity index (χ1v) is 12.3. The van der Waals surface area contributed by atoms with E-state index in [1.807, 2.05) is 6.92 Å². The number of thioether (sulfide) groups is 1. The van der Waals surface area contributed by atoms with Crippen molar-refractivity contribution in [2.24, 2.45) is 7.05 Å². The van der Waals surface area contributed by atoms with E-state index in [1.54, 1.807) is 36.9 Å². The summed E-state index contributed by atoms with van der Waals surface area (Å²) in [6, 6.07) is 4.92. The number of aryl methyl sites for hydroxylation is 1. The number of nitrogens with one attached hydrogen (secondary N) is 1. The van der Waals surface area contributed by atoms with Crippen molar-refractivity contribution < 1.29 is 18.3 Å². The van der Waals surface area contributed by atoms with Crippen LogP contribution in [0.2, 0.25) is 0 Å². The maximum absolute atomic E-state index is 12.8. The van der Waals surface area contributed by atoms with Gasteiger partial charge < -0.3 is 10.4 Å². The first kappa shape index (κ1) is 22.4. The lowest BCUT2D eigenvalue weighted by Crippen LogP contribution is -2.34. The summed E-state index contributed by atoms with van der Waals surface area (Å²) in [4.78, 5) is 29.7. The zero-order valence-electron chi connectivity index (χ0n) is 17.4. The number of aromatic nitrogens is 2. The van der Waals surface area contributed by atoms with Crippen molar-refractivity contribution in [1.82, 2.24) is 14.9 Å². The van der Waals surface area contributed by atoms with E-state index in [4.69, 9.17) is 0 Å². The molecule has 1 aliphatic heterocycles. The third-order valence-corrected chi connectivity index (χ3v) is 7.93. The van der Waals surface area contributed by atoms with Crippen LogP contribution in [0, 0.1) is 6.92 Å². The molecule has 0 spiro atoms. The van der Waals surface area contributed by atoms with Crippen molar-refractivity contribution in [3.8, 4) is 5.75 Å². The van der Waals surface area contributed by atoms with Crippen LogP contribution >= 0.6 is 11.8 Å². The number of nitrogens with zero attached hydrogens (tertiary/aromatic N) is 2. The van der Waals surface area contributed by atoms with Gasteiger partial charge in [-0.1, -0.05) is 12.1 Å². The molecule has 1 aliphatic rings. The normalized spacial score (nSPS) is 19.1. The second-order valence-corrected chi connectivity index (χ2v) is 11.3. The molecule has 1 amide bonds. The van der Waals surface area contributed by atoms with E-state index in [0.29, 0.717) is 11.4 Å². The van der Waals surface area contributed by atoms with Gasteiger partial charge in [-0.2, -0.15) is 0 Å². The highest BCUT2D eigenvalue weighted by atomic mass is 32.2. The molecule has 1 aromatic carbocycles. The number of carbonyl (C=O) groups excluding carboxylic acids is 1. The molecule has 3 rings (SSSR count). The lowest BCUT2D eigenvalue weighted by molar-refractivity contribution is 0.0941. The molecule has 1 saturated heterocycles. The molecule has 0 radical (unpaired) electrons. The molecule has 30 heavy (non-hydrogen) atoms. The number of rotatable bonds is 5. The third-order valence-electron chi connectivity index (χ3n) is 5.24. The van der Waals surface area contributed by atoms with E-state index in [9.17, 15) is 23.1 Å². The molecule has 2 aromatic rings. The van der Waals surface area contributed by atoms with Gasteiger partial charge in [0.05, 0.1) is 9.64 Å². The van der Waals surface area contributed by atoms with E-state index in [2.05, 4.69) is 10.3 Å². The van der Waals surface area contributed by atoms with Gasteiger partial charge in [0.2, 0.25) is 5.75 Å². The molecule has 1 aromatic heterocycles. The summed E-state index contributed by atoms with van der Waals surface area (Å²) in [5.41, 5.74) is 0.155. The molecule has 162 valence electrons. The first-order chi connectivity index (χ1) is 13.9. The van der Waals surface area contributed by atoms with Crippen molar-refractivity contribution in [1.29, 1.82) is 0 Å². The average molecular weight is 452 g/mol. The summed E-state index contributed by atoms with van der Waals surface area (Å²) >= 11 is 1.66. The van der Waals surface area contributed by atoms with Crippen molar-refractivity contribution >= 4 is 27.5 Å². The van der Waals surface area contributed by atoms with E-state index in [-0.39, 0.29) is 17.1 Å². The fraction of sp³-hybridized carbons (Fsp3) is 0.450. The van der Waals surface area contributed by atoms with Crippen molar-refractivity contribution in [2.75, 3.05) is 12.0 Å². The van der Waals surface area contributed by atoms with Crippen molar-refractivity contribution in [3.63, 3.8) is 0 Å². The summed E-state index contributed by atoms with van der Waals surface area (Å²) in [5.74, 6) is -0.100. The zero-order valence-corrected chi connectivity index (χ0v) is 19.0. The van der Waals surface area contributed by atoms with Crippen molar-refractivity contribution in [3.05, 3.63) is 51.2 Å². The summed E-state index contributed by atoms with van der Waals surface area (Å²) in [6.07, 6.45) is 2.89. The van der Waals surface area contributed by atoms with E-state index in [1.165, 1.54) is 11.6 Å². The summed E-state index contributed by atoms with van der Waals surface area (Å²) in [6.45, 7) is 3.66. The fourth-order valence-electron chi connectivity index (χ4n) is 3.59. The summed E-state index contributed by atoms with van der Waals surface area (Å²) < 4.78 is 25.0. The number of amides is 1. The Bertz CT molecular complexity index is 1170. The molecule has 0 bridgehead atoms. The van der Waals surface area contributed by atoms with Crippen LogP contribution in [-0.4, -0.2) is 41.0 Å². The van der Waals surface area contributed by atoms with Gasteiger partial charge in [-0.3, -0.25) is 14.2 Å². The molecule has 0 saturated carbocycles. The predicted molar refractivity (Wildman–Crippen MR) is 116 cm³/mol. The van der Waals surface area contributed by atoms with Crippen LogP contribution in [0.25, 0.3) is 0 Å². The molecule has 0 aliphatic carbocycles. The molecule has 2 heterocycles. The van der Waals surface area contributed by atoms with Gasteiger partial charge in [0.15, 0.2) is 15.5 Å². The molecule has 1 fully saturated rings. The Morgan fingerprint density at radius 3 is 2.70 bits per heavy atom. The number of hydrogen-bond donors (Lipinski definition) is 2. The Hall–Kier alpha value is -2.33. The van der Waals surface area contributed by atoms with Crippen LogP contribution in [0.5, 0.6) is 5.75 Å². The Morgan fingerprint density at radius 1 is 1.40 bits per heavy atom. The fourth-order valence-corrected chi connectivity index (χ4v) is 5.95. The number of carbonyl (C=O) groups is 1. The monoisotopic (exact) mass is 451 g/mol. The van der Waals surface area contributed by atoms with Gasteiger partial charge in [-0.05, 0) is 49.6 Å². The van der Waals surface area contributed by atoms with Crippen LogP contribution in [0.15, 0.2) is 27.9 Å². The Balaban J connectivity index is 1.94. The molecule has 2 N–H and O–H groups in total. The Morgan fingerprint density at radius 2 is 2.10 bits per heavy atom. The van der Waals surface area contributed by atoms with Crippen LogP contribution in [0.1, 0.15) is 47.2 Å². The molecular formula is C20H25N3O5S2. The van der Waals surface area contributed by atoms with E-state index >= 15 is 0 Å². The van der Waals surface area contributed by atoms with E-state index in [0.717, 1.165) is 30.4 Å². The smallest absolute Gasteiger partial charge is 0.296 e. The predicted octanol–water partition coefficient (Wildman–Crippen LogP) is 1.87. The Labute approximate surface area is 179 Å². The third kappa shape index (κ3) is 4.24. The number of aromatic hydroxyl groups is 1. The van der Waals surface area contributed by atoms with E-state index < -0.39 is 31.8 Å². The maximum Gasteiger partial charge on any atom is 0.296 e. The van der Waals surface area contributed by atoms with Crippen LogP contribution in [-0.2, 0) is 28.2 Å². The van der Waals surface area contributed by atoms with Crippen molar-refractivity contribution in [2.45, 2.75) is 42.9 Å². The minimum Gasteiger partial charge on any atom is -0.501 e. The summed E-state index contributed by atoms with van der Waals surface area (Å²) in [5, 5.41) is 12.8. The quantitative estimate of drug-likeness (QED) is 0.712. The zero-order chi connectivity index (χ0) is 22.3. The maximum atomic E-state index is 12.8. The molecular weight excluding hydrogens is 426 g/mol. The minimum atomic E-state index is -3.49.